The van der Waals surface area contributed by atoms with Gasteiger partial charge in [0.15, 0.2) is 0 Å². The fourth-order valence-corrected chi connectivity index (χ4v) is 6.71. The molecule has 0 spiro atoms. The number of amides is 2. The Morgan fingerprint density at radius 1 is 0.878 bits per heavy atom. The molecule has 4 aromatic rings. The van der Waals surface area contributed by atoms with E-state index in [4.69, 9.17) is 4.98 Å². The van der Waals surface area contributed by atoms with Gasteiger partial charge >= 0.3 is 29.6 Å². The molecule has 12 heteroatoms. The number of thiazole rings is 1. The van der Waals surface area contributed by atoms with E-state index in [0.717, 1.165) is 26.7 Å². The quantitative estimate of drug-likeness (QED) is 0.187. The van der Waals surface area contributed by atoms with Crippen molar-refractivity contribution in [1.82, 2.24) is 14.8 Å². The van der Waals surface area contributed by atoms with Crippen molar-refractivity contribution < 1.29 is 52.1 Å². The number of likely N-dealkylation sites (N-methyl/N-ethyl adjacent to an activating group) is 2. The number of benzene rings is 2. The zero-order chi connectivity index (χ0) is 28.9. The molecule has 0 N–H and O–H groups in total. The van der Waals surface area contributed by atoms with Gasteiger partial charge in [0.05, 0.1) is 32.5 Å². The zero-order valence-electron chi connectivity index (χ0n) is 23.4. The van der Waals surface area contributed by atoms with E-state index in [1.807, 2.05) is 53.2 Å². The molecule has 0 fully saturated rings. The number of nitrogens with zero attached hydrogens (tertiary/aromatic N) is 3. The van der Waals surface area contributed by atoms with Gasteiger partial charge in [-0.1, -0.05) is 60.7 Å². The third kappa shape index (κ3) is 9.05. The summed E-state index contributed by atoms with van der Waals surface area (Å²) in [6.07, 6.45) is 0.769. The van der Waals surface area contributed by atoms with Gasteiger partial charge in [0.1, 0.15) is 11.0 Å². The minimum Gasteiger partial charge on any atom is -0.748 e. The summed E-state index contributed by atoms with van der Waals surface area (Å²) in [5.74, 6) is -1.01. The average Bonchev–Trinajstić information content (AvgIpc) is 3.62. The minimum atomic E-state index is -4.39. The van der Waals surface area contributed by atoms with Gasteiger partial charge in [-0.3, -0.25) is 9.59 Å². The topological polar surface area (TPSA) is 111 Å². The van der Waals surface area contributed by atoms with E-state index in [1.165, 1.54) is 23.2 Å². The van der Waals surface area contributed by atoms with E-state index in [2.05, 4.69) is 0 Å². The van der Waals surface area contributed by atoms with Crippen LogP contribution in [0.2, 0.25) is 0 Å². The molecule has 2 heterocycles. The van der Waals surface area contributed by atoms with Crippen LogP contribution in [-0.4, -0.2) is 59.7 Å². The van der Waals surface area contributed by atoms with Crippen LogP contribution in [0.15, 0.2) is 77.5 Å². The number of hydrogen-bond acceptors (Lipinski definition) is 8. The maximum absolute atomic E-state index is 14.1. The van der Waals surface area contributed by atoms with Gasteiger partial charge in [0.2, 0.25) is 11.8 Å². The number of carbonyl (C=O) groups excluding carboxylic acids is 2. The number of carbonyl (C=O) groups is 2. The van der Waals surface area contributed by atoms with Crippen LogP contribution < -0.4 is 29.6 Å². The third-order valence-corrected chi connectivity index (χ3v) is 9.31. The van der Waals surface area contributed by atoms with E-state index in [1.54, 1.807) is 54.6 Å². The van der Waals surface area contributed by atoms with Gasteiger partial charge in [0, 0.05) is 32.8 Å². The van der Waals surface area contributed by atoms with Gasteiger partial charge in [-0.2, -0.15) is 0 Å². The molecule has 0 radical (unpaired) electrons. The summed E-state index contributed by atoms with van der Waals surface area (Å²) < 4.78 is 33.5. The van der Waals surface area contributed by atoms with E-state index in [-0.39, 0.29) is 41.4 Å². The summed E-state index contributed by atoms with van der Waals surface area (Å²) in [5.41, 5.74) is 2.91. The summed E-state index contributed by atoms with van der Waals surface area (Å²) in [5, 5.41) is 4.79. The molecule has 4 rings (SSSR count). The smallest absolute Gasteiger partial charge is 0.748 e. The van der Waals surface area contributed by atoms with E-state index < -0.39 is 28.0 Å². The van der Waals surface area contributed by atoms with Crippen LogP contribution in [0.25, 0.3) is 9.88 Å². The van der Waals surface area contributed by atoms with Gasteiger partial charge in [0.25, 0.3) is 0 Å². The maximum Gasteiger partial charge on any atom is 1.00 e. The molecular formula is C29H30N3NaO5S3. The molecule has 2 aromatic heterocycles. The zero-order valence-corrected chi connectivity index (χ0v) is 27.8. The second kappa shape index (κ2) is 14.7. The number of aromatic nitrogens is 1. The van der Waals surface area contributed by atoms with Gasteiger partial charge in [-0.25, -0.2) is 13.4 Å². The molecule has 2 amide bonds. The Balaban J connectivity index is 0.00000462. The number of thiophene rings is 1. The molecule has 0 aliphatic carbocycles. The molecule has 41 heavy (non-hydrogen) atoms. The van der Waals surface area contributed by atoms with Crippen LogP contribution in [0.4, 0.5) is 0 Å². The van der Waals surface area contributed by atoms with Crippen molar-refractivity contribution in [2.75, 3.05) is 14.1 Å². The molecule has 2 aromatic carbocycles. The van der Waals surface area contributed by atoms with Crippen LogP contribution >= 0.6 is 22.7 Å². The van der Waals surface area contributed by atoms with Gasteiger partial charge in [-0.15, -0.1) is 22.7 Å². The Kier molecular flexibility index (Phi) is 11.9. The second-order valence-electron chi connectivity index (χ2n) is 9.58. The first-order valence-electron chi connectivity index (χ1n) is 12.6. The first-order chi connectivity index (χ1) is 19.0. The Bertz CT molecular complexity index is 1540. The normalized spacial score (nSPS) is 12.7. The monoisotopic (exact) mass is 619 g/mol. The SMILES string of the molecule is CC(=O)N(C)[C@@H](Cc1ccccc1)C(=O)N(C)[C@@H](Cc1ccc(CS(=O)(=O)[O-])cc1)c1csc(-c2cccs2)n1.[Na+]. The van der Waals surface area contributed by atoms with Crippen LogP contribution in [0, 0.1) is 0 Å². The standard InChI is InChI=1S/C29H31N3O5S3.Na/c1-20(33)31(2)26(17-21-8-5-4-6-9-21)29(34)32(3)25(24-18-39-28(30-24)27-10-7-15-38-27)16-22-11-13-23(14-12-22)19-40(35,36)37;/h4-15,18,25-26H,16-17,19H2,1-3H3,(H,35,36,37);/q;+1/p-1/t25-,26-;/m0./s1. The van der Waals surface area contributed by atoms with Crippen molar-refractivity contribution in [1.29, 1.82) is 0 Å². The van der Waals surface area contributed by atoms with Crippen molar-refractivity contribution in [3.05, 3.63) is 99.9 Å². The van der Waals surface area contributed by atoms with Crippen molar-refractivity contribution in [3.63, 3.8) is 0 Å². The fourth-order valence-electron chi connectivity index (χ4n) is 4.43. The summed E-state index contributed by atoms with van der Waals surface area (Å²) in [7, 11) is -1.03. The van der Waals surface area contributed by atoms with E-state index in [9.17, 15) is 22.6 Å². The molecular weight excluding hydrogens is 590 g/mol. The predicted octanol–water partition coefficient (Wildman–Crippen LogP) is 1.75. The molecule has 0 aliphatic heterocycles. The molecule has 0 aliphatic rings. The van der Waals surface area contributed by atoms with Crippen molar-refractivity contribution in [2.45, 2.75) is 37.6 Å². The summed E-state index contributed by atoms with van der Waals surface area (Å²) in [6, 6.07) is 19.1. The minimum absolute atomic E-state index is 0. The Hall–Kier alpha value is -2.38. The largest absolute Gasteiger partial charge is 1.00 e. The van der Waals surface area contributed by atoms with E-state index in [0.29, 0.717) is 18.4 Å². The van der Waals surface area contributed by atoms with Gasteiger partial charge in [-0.05, 0) is 34.6 Å². The van der Waals surface area contributed by atoms with Crippen LogP contribution in [0.3, 0.4) is 0 Å². The predicted molar refractivity (Wildman–Crippen MR) is 157 cm³/mol. The average molecular weight is 620 g/mol. The first-order valence-corrected chi connectivity index (χ1v) is 15.9. The second-order valence-corrected chi connectivity index (χ2v) is 12.8. The first kappa shape index (κ1) is 33.1. The Morgan fingerprint density at radius 2 is 1.51 bits per heavy atom. The molecule has 0 saturated carbocycles. The fraction of sp³-hybridized carbons (Fsp3) is 0.276. The number of rotatable bonds is 11. The van der Waals surface area contributed by atoms with Crippen LogP contribution in [0.5, 0.6) is 0 Å². The molecule has 8 nitrogen and oxygen atoms in total. The molecule has 210 valence electrons. The Labute approximate surface area is 271 Å². The molecule has 0 bridgehead atoms. The van der Waals surface area contributed by atoms with Crippen molar-refractivity contribution in [3.8, 4) is 9.88 Å². The molecule has 0 saturated heterocycles. The number of hydrogen-bond donors (Lipinski definition) is 0. The maximum atomic E-state index is 14.1. The van der Waals surface area contributed by atoms with Gasteiger partial charge < -0.3 is 14.4 Å². The van der Waals surface area contributed by atoms with Crippen molar-refractivity contribution >= 4 is 44.6 Å². The summed E-state index contributed by atoms with van der Waals surface area (Å²) in [4.78, 5) is 35.5. The summed E-state index contributed by atoms with van der Waals surface area (Å²) >= 11 is 3.09. The van der Waals surface area contributed by atoms with E-state index >= 15 is 0 Å². The van der Waals surface area contributed by atoms with Crippen LogP contribution in [-0.2, 0) is 38.3 Å². The Morgan fingerprint density at radius 3 is 2.10 bits per heavy atom. The third-order valence-electron chi connectivity index (χ3n) is 6.73. The summed E-state index contributed by atoms with van der Waals surface area (Å²) in [6.45, 7) is 1.44. The molecule has 2 atom stereocenters. The van der Waals surface area contributed by atoms with Crippen molar-refractivity contribution in [2.24, 2.45) is 0 Å². The molecule has 0 unspecified atom stereocenters. The van der Waals surface area contributed by atoms with Crippen LogP contribution in [0.1, 0.15) is 35.3 Å².